The summed E-state index contributed by atoms with van der Waals surface area (Å²) in [6.45, 7) is 6.77. The van der Waals surface area contributed by atoms with Gasteiger partial charge in [-0.1, -0.05) is 19.8 Å². The van der Waals surface area contributed by atoms with Gasteiger partial charge < -0.3 is 5.73 Å². The first-order chi connectivity index (χ1) is 6.79. The summed E-state index contributed by atoms with van der Waals surface area (Å²) in [6, 6.07) is 1.50. The Bertz CT molecular complexity index is 147. The van der Waals surface area contributed by atoms with Gasteiger partial charge in [0.25, 0.3) is 0 Å². The van der Waals surface area contributed by atoms with Crippen molar-refractivity contribution in [2.75, 3.05) is 13.1 Å². The molecule has 0 aromatic carbocycles. The van der Waals surface area contributed by atoms with Gasteiger partial charge in [0, 0.05) is 12.1 Å². The quantitative estimate of drug-likeness (QED) is 0.751. The van der Waals surface area contributed by atoms with Crippen molar-refractivity contribution in [3.63, 3.8) is 0 Å². The zero-order valence-electron chi connectivity index (χ0n) is 9.84. The first-order valence-electron chi connectivity index (χ1n) is 6.25. The Morgan fingerprint density at radius 2 is 2.14 bits per heavy atom. The highest BCUT2D eigenvalue weighted by atomic mass is 15.2. The van der Waals surface area contributed by atoms with E-state index in [1.165, 1.54) is 38.6 Å². The SMILES string of the molecule is CCC1CCCCCN1C(C)CCN. The van der Waals surface area contributed by atoms with Crippen molar-refractivity contribution in [3.05, 3.63) is 0 Å². The molecule has 2 nitrogen and oxygen atoms in total. The monoisotopic (exact) mass is 198 g/mol. The molecule has 1 fully saturated rings. The van der Waals surface area contributed by atoms with Crippen LogP contribution in [0.3, 0.4) is 0 Å². The lowest BCUT2D eigenvalue weighted by molar-refractivity contribution is 0.137. The van der Waals surface area contributed by atoms with E-state index in [1.807, 2.05) is 0 Å². The molecule has 2 unspecified atom stereocenters. The average Bonchev–Trinajstić information content (AvgIpc) is 2.42. The zero-order chi connectivity index (χ0) is 10.4. The van der Waals surface area contributed by atoms with Crippen molar-refractivity contribution in [1.82, 2.24) is 4.90 Å². The van der Waals surface area contributed by atoms with E-state index < -0.39 is 0 Å². The van der Waals surface area contributed by atoms with Crippen molar-refractivity contribution in [3.8, 4) is 0 Å². The first kappa shape index (κ1) is 12.0. The number of hydrogen-bond acceptors (Lipinski definition) is 2. The second-order valence-corrected chi connectivity index (χ2v) is 4.58. The molecule has 2 N–H and O–H groups in total. The van der Waals surface area contributed by atoms with Crippen molar-refractivity contribution in [2.24, 2.45) is 5.73 Å². The summed E-state index contributed by atoms with van der Waals surface area (Å²) >= 11 is 0. The van der Waals surface area contributed by atoms with E-state index in [9.17, 15) is 0 Å². The molecule has 2 atom stereocenters. The summed E-state index contributed by atoms with van der Waals surface area (Å²) in [6.07, 6.45) is 8.06. The molecule has 0 aromatic heterocycles. The summed E-state index contributed by atoms with van der Waals surface area (Å²) in [7, 11) is 0. The number of likely N-dealkylation sites (tertiary alicyclic amines) is 1. The molecular formula is C12H26N2. The highest BCUT2D eigenvalue weighted by molar-refractivity contribution is 4.78. The number of rotatable bonds is 4. The predicted molar refractivity (Wildman–Crippen MR) is 62.4 cm³/mol. The van der Waals surface area contributed by atoms with Gasteiger partial charge in [0.1, 0.15) is 0 Å². The van der Waals surface area contributed by atoms with E-state index in [0.29, 0.717) is 6.04 Å². The topological polar surface area (TPSA) is 29.3 Å². The summed E-state index contributed by atoms with van der Waals surface area (Å²) in [4.78, 5) is 2.69. The Labute approximate surface area is 88.8 Å². The van der Waals surface area contributed by atoms with Gasteiger partial charge in [-0.05, 0) is 45.7 Å². The fourth-order valence-electron chi connectivity index (χ4n) is 2.63. The van der Waals surface area contributed by atoms with Crippen molar-refractivity contribution >= 4 is 0 Å². The first-order valence-corrected chi connectivity index (χ1v) is 6.25. The van der Waals surface area contributed by atoms with Gasteiger partial charge in [0.15, 0.2) is 0 Å². The molecule has 0 aromatic rings. The lowest BCUT2D eigenvalue weighted by Gasteiger charge is -2.34. The van der Waals surface area contributed by atoms with Crippen LogP contribution < -0.4 is 5.73 Å². The van der Waals surface area contributed by atoms with E-state index in [-0.39, 0.29) is 0 Å². The van der Waals surface area contributed by atoms with Crippen LogP contribution in [-0.4, -0.2) is 30.1 Å². The third-order valence-corrected chi connectivity index (χ3v) is 3.54. The minimum Gasteiger partial charge on any atom is -0.330 e. The van der Waals surface area contributed by atoms with Gasteiger partial charge in [0.05, 0.1) is 0 Å². The Morgan fingerprint density at radius 3 is 2.79 bits per heavy atom. The molecule has 1 rings (SSSR count). The van der Waals surface area contributed by atoms with Gasteiger partial charge in [-0.2, -0.15) is 0 Å². The van der Waals surface area contributed by atoms with Crippen molar-refractivity contribution in [1.29, 1.82) is 0 Å². The van der Waals surface area contributed by atoms with Crippen molar-refractivity contribution < 1.29 is 0 Å². The maximum atomic E-state index is 5.64. The molecule has 0 spiro atoms. The van der Waals surface area contributed by atoms with Gasteiger partial charge >= 0.3 is 0 Å². The van der Waals surface area contributed by atoms with Crippen LogP contribution in [0.5, 0.6) is 0 Å². The minimum absolute atomic E-state index is 0.683. The largest absolute Gasteiger partial charge is 0.330 e. The molecule has 2 heteroatoms. The maximum absolute atomic E-state index is 5.64. The normalized spacial score (nSPS) is 27.2. The maximum Gasteiger partial charge on any atom is 0.00954 e. The van der Waals surface area contributed by atoms with Crippen LogP contribution in [0.2, 0.25) is 0 Å². The van der Waals surface area contributed by atoms with Crippen LogP contribution >= 0.6 is 0 Å². The minimum atomic E-state index is 0.683. The zero-order valence-corrected chi connectivity index (χ0v) is 9.84. The van der Waals surface area contributed by atoms with E-state index in [1.54, 1.807) is 0 Å². The summed E-state index contributed by atoms with van der Waals surface area (Å²) in [5, 5.41) is 0. The Kier molecular flexibility index (Phi) is 5.49. The van der Waals surface area contributed by atoms with Gasteiger partial charge in [-0.25, -0.2) is 0 Å². The van der Waals surface area contributed by atoms with Crippen LogP contribution in [0.4, 0.5) is 0 Å². The summed E-state index contributed by atoms with van der Waals surface area (Å²) < 4.78 is 0. The molecule has 0 bridgehead atoms. The average molecular weight is 198 g/mol. The second-order valence-electron chi connectivity index (χ2n) is 4.58. The number of nitrogens with two attached hydrogens (primary N) is 1. The highest BCUT2D eigenvalue weighted by Gasteiger charge is 2.22. The third kappa shape index (κ3) is 3.25. The fourth-order valence-corrected chi connectivity index (χ4v) is 2.63. The molecule has 0 radical (unpaired) electrons. The fraction of sp³-hybridized carbons (Fsp3) is 1.00. The van der Waals surface area contributed by atoms with Crippen LogP contribution in [0, 0.1) is 0 Å². The summed E-state index contributed by atoms with van der Waals surface area (Å²) in [5.74, 6) is 0. The van der Waals surface area contributed by atoms with E-state index in [2.05, 4.69) is 18.7 Å². The standard InChI is InChI=1S/C12H26N2/c1-3-12-7-5-4-6-10-14(12)11(2)8-9-13/h11-12H,3-10,13H2,1-2H3. The molecule has 0 aliphatic carbocycles. The smallest absolute Gasteiger partial charge is 0.00954 e. The lowest BCUT2D eigenvalue weighted by atomic mass is 10.1. The second kappa shape index (κ2) is 6.41. The van der Waals surface area contributed by atoms with E-state index in [4.69, 9.17) is 5.73 Å². The van der Waals surface area contributed by atoms with Crippen LogP contribution in [0.25, 0.3) is 0 Å². The summed E-state index contributed by atoms with van der Waals surface area (Å²) in [5.41, 5.74) is 5.64. The molecule has 1 aliphatic rings. The molecule has 14 heavy (non-hydrogen) atoms. The molecule has 84 valence electrons. The third-order valence-electron chi connectivity index (χ3n) is 3.54. The van der Waals surface area contributed by atoms with Crippen LogP contribution in [-0.2, 0) is 0 Å². The number of nitrogens with zero attached hydrogens (tertiary/aromatic N) is 1. The molecular weight excluding hydrogens is 172 g/mol. The molecule has 0 saturated carbocycles. The molecule has 0 amide bonds. The molecule has 1 heterocycles. The van der Waals surface area contributed by atoms with Crippen LogP contribution in [0.15, 0.2) is 0 Å². The van der Waals surface area contributed by atoms with E-state index >= 15 is 0 Å². The predicted octanol–water partition coefficient (Wildman–Crippen LogP) is 2.38. The molecule has 1 aliphatic heterocycles. The van der Waals surface area contributed by atoms with Gasteiger partial charge in [-0.15, -0.1) is 0 Å². The lowest BCUT2D eigenvalue weighted by Crippen LogP contribution is -2.42. The van der Waals surface area contributed by atoms with Crippen molar-refractivity contribution in [2.45, 2.75) is 64.5 Å². The van der Waals surface area contributed by atoms with Crippen LogP contribution in [0.1, 0.15) is 52.4 Å². The van der Waals surface area contributed by atoms with Gasteiger partial charge in [-0.3, -0.25) is 4.90 Å². The van der Waals surface area contributed by atoms with E-state index in [0.717, 1.165) is 19.0 Å². The Morgan fingerprint density at radius 1 is 1.36 bits per heavy atom. The number of hydrogen-bond donors (Lipinski definition) is 1. The Balaban J connectivity index is 2.50. The van der Waals surface area contributed by atoms with Gasteiger partial charge in [0.2, 0.25) is 0 Å². The molecule has 1 saturated heterocycles. The Hall–Kier alpha value is -0.0800. The highest BCUT2D eigenvalue weighted by Crippen LogP contribution is 2.22.